The number of hydrogen-bond donors (Lipinski definition) is 2. The van der Waals surface area contributed by atoms with Crippen LogP contribution in [0.4, 0.5) is 0 Å². The number of carbonyl (C=O) groups is 1. The van der Waals surface area contributed by atoms with E-state index in [-0.39, 0.29) is 10.8 Å². The number of nitrogens with zero attached hydrogens (tertiary/aromatic N) is 1. The van der Waals surface area contributed by atoms with E-state index in [9.17, 15) is 9.90 Å². The Bertz CT molecular complexity index is 1020. The fourth-order valence-corrected chi connectivity index (χ4v) is 2.60. The van der Waals surface area contributed by atoms with E-state index in [1.807, 2.05) is 66.7 Å². The molecule has 0 atom stereocenters. The highest BCUT2D eigenvalue weighted by atomic mass is 35.5. The molecule has 0 bridgehead atoms. The van der Waals surface area contributed by atoms with Crippen molar-refractivity contribution in [1.29, 1.82) is 0 Å². The molecule has 3 aromatic carbocycles. The van der Waals surface area contributed by atoms with Crippen LogP contribution >= 0.6 is 11.6 Å². The van der Waals surface area contributed by atoms with Gasteiger partial charge in [0.25, 0.3) is 5.91 Å². The number of hydrogen-bond acceptors (Lipinski definition) is 4. The Morgan fingerprint density at radius 2 is 1.76 bits per heavy atom. The Kier molecular flexibility index (Phi) is 7.03. The summed E-state index contributed by atoms with van der Waals surface area (Å²) < 4.78 is 5.61. The van der Waals surface area contributed by atoms with Gasteiger partial charge < -0.3 is 9.84 Å². The van der Waals surface area contributed by atoms with E-state index in [0.717, 1.165) is 16.9 Å². The number of amides is 1. The fourth-order valence-electron chi connectivity index (χ4n) is 2.42. The number of para-hydroxylation sites is 1. The molecule has 146 valence electrons. The van der Waals surface area contributed by atoms with Crippen LogP contribution in [0.15, 0.2) is 84.0 Å². The largest absolute Gasteiger partial charge is 0.506 e. The molecule has 0 aliphatic rings. The van der Waals surface area contributed by atoms with E-state index in [1.165, 1.54) is 18.2 Å². The number of nitrogens with one attached hydrogen (secondary N) is 1. The molecule has 1 amide bonds. The molecule has 0 aromatic heterocycles. The van der Waals surface area contributed by atoms with Crippen LogP contribution in [0.2, 0.25) is 5.02 Å². The minimum atomic E-state index is -0.416. The second-order valence-corrected chi connectivity index (χ2v) is 6.47. The van der Waals surface area contributed by atoms with Gasteiger partial charge in [0.2, 0.25) is 0 Å². The number of benzene rings is 3. The van der Waals surface area contributed by atoms with Gasteiger partial charge in [-0.05, 0) is 47.5 Å². The van der Waals surface area contributed by atoms with E-state index in [1.54, 1.807) is 6.21 Å². The molecule has 0 saturated heterocycles. The number of rotatable bonds is 7. The Morgan fingerprint density at radius 3 is 2.48 bits per heavy atom. The SMILES string of the molecule is O=C(N/N=C/c1ccc(/C=C/COc2ccccc2)cc1)c1ccc(O)c(Cl)c1. The molecule has 6 heteroatoms. The Labute approximate surface area is 173 Å². The maximum atomic E-state index is 12.0. The van der Waals surface area contributed by atoms with Gasteiger partial charge in [-0.15, -0.1) is 0 Å². The third kappa shape index (κ3) is 6.23. The number of phenolic OH excluding ortho intramolecular Hbond substituents is 1. The molecule has 0 unspecified atom stereocenters. The molecule has 0 aliphatic heterocycles. The van der Waals surface area contributed by atoms with Crippen LogP contribution < -0.4 is 10.2 Å². The lowest BCUT2D eigenvalue weighted by Gasteiger charge is -2.02. The highest BCUT2D eigenvalue weighted by molar-refractivity contribution is 6.32. The number of carbonyl (C=O) groups excluding carboxylic acids is 1. The van der Waals surface area contributed by atoms with Crippen LogP contribution in [-0.2, 0) is 0 Å². The van der Waals surface area contributed by atoms with Crippen LogP contribution in [0.25, 0.3) is 6.08 Å². The van der Waals surface area contributed by atoms with Gasteiger partial charge in [0.05, 0.1) is 11.2 Å². The van der Waals surface area contributed by atoms with Crippen LogP contribution in [-0.4, -0.2) is 23.8 Å². The van der Waals surface area contributed by atoms with Crippen LogP contribution in [0.1, 0.15) is 21.5 Å². The van der Waals surface area contributed by atoms with E-state index >= 15 is 0 Å². The molecule has 0 saturated carbocycles. The molecular formula is C23H19ClN2O3. The normalized spacial score (nSPS) is 11.1. The van der Waals surface area contributed by atoms with Crippen molar-refractivity contribution in [3.8, 4) is 11.5 Å². The van der Waals surface area contributed by atoms with Crippen molar-refractivity contribution < 1.29 is 14.6 Å². The van der Waals surface area contributed by atoms with E-state index in [4.69, 9.17) is 16.3 Å². The zero-order chi connectivity index (χ0) is 20.5. The summed E-state index contributed by atoms with van der Waals surface area (Å²) >= 11 is 5.80. The summed E-state index contributed by atoms with van der Waals surface area (Å²) in [6.07, 6.45) is 5.46. The molecule has 29 heavy (non-hydrogen) atoms. The van der Waals surface area contributed by atoms with Crippen molar-refractivity contribution in [1.82, 2.24) is 5.43 Å². The molecule has 0 radical (unpaired) electrons. The van der Waals surface area contributed by atoms with Gasteiger partial charge in [-0.3, -0.25) is 4.79 Å². The van der Waals surface area contributed by atoms with Gasteiger partial charge in [0, 0.05) is 5.56 Å². The summed E-state index contributed by atoms with van der Waals surface area (Å²) in [5, 5.41) is 13.4. The molecule has 0 aliphatic carbocycles. The molecular weight excluding hydrogens is 388 g/mol. The third-order valence-electron chi connectivity index (χ3n) is 3.93. The Morgan fingerprint density at radius 1 is 1.03 bits per heavy atom. The predicted molar refractivity (Wildman–Crippen MR) is 116 cm³/mol. The van der Waals surface area contributed by atoms with Gasteiger partial charge in [-0.25, -0.2) is 5.43 Å². The van der Waals surface area contributed by atoms with Crippen LogP contribution in [0.5, 0.6) is 11.5 Å². The molecule has 0 spiro atoms. The summed E-state index contributed by atoms with van der Waals surface area (Å²) in [6, 6.07) is 21.5. The van der Waals surface area contributed by atoms with Crippen molar-refractivity contribution in [2.45, 2.75) is 0 Å². The average molecular weight is 407 g/mol. The minimum Gasteiger partial charge on any atom is -0.506 e. The number of ether oxygens (including phenoxy) is 1. The first-order valence-corrected chi connectivity index (χ1v) is 9.26. The predicted octanol–water partition coefficient (Wildman–Crippen LogP) is 4.90. The Balaban J connectivity index is 1.48. The molecule has 3 aromatic rings. The highest BCUT2D eigenvalue weighted by Crippen LogP contribution is 2.23. The number of halogens is 1. The number of aromatic hydroxyl groups is 1. The van der Waals surface area contributed by atoms with E-state index in [0.29, 0.717) is 12.2 Å². The van der Waals surface area contributed by atoms with E-state index in [2.05, 4.69) is 10.5 Å². The van der Waals surface area contributed by atoms with Gasteiger partial charge in [0.1, 0.15) is 18.1 Å². The third-order valence-corrected chi connectivity index (χ3v) is 4.23. The highest BCUT2D eigenvalue weighted by Gasteiger charge is 2.07. The summed E-state index contributed by atoms with van der Waals surface area (Å²) in [4.78, 5) is 12.0. The fraction of sp³-hybridized carbons (Fsp3) is 0.0435. The number of phenols is 1. The van der Waals surface area contributed by atoms with Crippen LogP contribution in [0, 0.1) is 0 Å². The minimum absolute atomic E-state index is 0.0764. The average Bonchev–Trinajstić information content (AvgIpc) is 2.75. The quantitative estimate of drug-likeness (QED) is 0.433. The van der Waals surface area contributed by atoms with Gasteiger partial charge in [-0.2, -0.15) is 5.10 Å². The second-order valence-electron chi connectivity index (χ2n) is 6.06. The standard InChI is InChI=1S/C23H19ClN2O3/c24-21-15-19(12-13-22(21)27)23(28)26-25-16-18-10-8-17(9-11-18)5-4-14-29-20-6-2-1-3-7-20/h1-13,15-16,27H,14H2,(H,26,28)/b5-4+,25-16+. The van der Waals surface area contributed by atoms with Crippen molar-refractivity contribution >= 4 is 29.8 Å². The molecule has 0 heterocycles. The van der Waals surface area contributed by atoms with Gasteiger partial charge in [-0.1, -0.05) is 60.1 Å². The topological polar surface area (TPSA) is 70.9 Å². The second kappa shape index (κ2) is 10.1. The maximum Gasteiger partial charge on any atom is 0.271 e. The molecule has 0 fully saturated rings. The van der Waals surface area contributed by atoms with Gasteiger partial charge >= 0.3 is 0 Å². The summed E-state index contributed by atoms with van der Waals surface area (Å²) in [7, 11) is 0. The first-order chi connectivity index (χ1) is 14.1. The lowest BCUT2D eigenvalue weighted by Crippen LogP contribution is -2.17. The summed E-state index contributed by atoms with van der Waals surface area (Å²) in [5.74, 6) is 0.342. The zero-order valence-electron chi connectivity index (χ0n) is 15.5. The molecule has 2 N–H and O–H groups in total. The van der Waals surface area contributed by atoms with Crippen molar-refractivity contribution in [3.63, 3.8) is 0 Å². The molecule has 5 nitrogen and oxygen atoms in total. The zero-order valence-corrected chi connectivity index (χ0v) is 16.2. The van der Waals surface area contributed by atoms with E-state index < -0.39 is 5.91 Å². The van der Waals surface area contributed by atoms with Crippen molar-refractivity contribution in [2.75, 3.05) is 6.61 Å². The number of hydrazone groups is 1. The smallest absolute Gasteiger partial charge is 0.271 e. The summed E-state index contributed by atoms with van der Waals surface area (Å²) in [5.41, 5.74) is 4.60. The van der Waals surface area contributed by atoms with Crippen molar-refractivity contribution in [2.24, 2.45) is 5.10 Å². The first-order valence-electron chi connectivity index (χ1n) is 8.88. The molecule has 3 rings (SSSR count). The Hall–Kier alpha value is -3.57. The summed E-state index contributed by atoms with van der Waals surface area (Å²) in [6.45, 7) is 0.487. The monoisotopic (exact) mass is 406 g/mol. The van der Waals surface area contributed by atoms with Crippen molar-refractivity contribution in [3.05, 3.63) is 101 Å². The lowest BCUT2D eigenvalue weighted by molar-refractivity contribution is 0.0955. The van der Waals surface area contributed by atoms with Crippen LogP contribution in [0.3, 0.4) is 0 Å². The van der Waals surface area contributed by atoms with Gasteiger partial charge in [0.15, 0.2) is 0 Å². The lowest BCUT2D eigenvalue weighted by atomic mass is 10.1. The first kappa shape index (κ1) is 20.2. The maximum absolute atomic E-state index is 12.0.